The number of rotatable bonds is 9. The fourth-order valence-electron chi connectivity index (χ4n) is 3.34. The minimum absolute atomic E-state index is 0.0155. The molecule has 2 aromatic carbocycles. The van der Waals surface area contributed by atoms with Gasteiger partial charge in [0.25, 0.3) is 0 Å². The van der Waals surface area contributed by atoms with E-state index >= 15 is 0 Å². The van der Waals surface area contributed by atoms with Gasteiger partial charge in [0.2, 0.25) is 11.8 Å². The summed E-state index contributed by atoms with van der Waals surface area (Å²) in [4.78, 5) is 27.9. The minimum Gasteiger partial charge on any atom is -0.497 e. The molecule has 0 saturated heterocycles. The Morgan fingerprint density at radius 3 is 2.45 bits per heavy atom. The maximum atomic E-state index is 13.3. The molecule has 5 nitrogen and oxygen atoms in total. The molecule has 1 N–H and O–H groups in total. The number of benzene rings is 2. The van der Waals surface area contributed by atoms with Crippen molar-refractivity contribution in [3.8, 4) is 5.75 Å². The molecule has 29 heavy (non-hydrogen) atoms. The van der Waals surface area contributed by atoms with Gasteiger partial charge < -0.3 is 15.0 Å². The molecule has 0 spiro atoms. The highest BCUT2D eigenvalue weighted by Gasteiger charge is 2.29. The number of carbonyl (C=O) groups excluding carboxylic acids is 2. The summed E-state index contributed by atoms with van der Waals surface area (Å²) in [7, 11) is 1.62. The van der Waals surface area contributed by atoms with Crippen LogP contribution in [0.15, 0.2) is 48.5 Å². The molecule has 0 aliphatic heterocycles. The topological polar surface area (TPSA) is 58.6 Å². The molecule has 1 atom stereocenters. The molecular formula is C24H32N2O3. The lowest BCUT2D eigenvalue weighted by atomic mass is 10.0. The van der Waals surface area contributed by atoms with Gasteiger partial charge in [-0.25, -0.2) is 0 Å². The van der Waals surface area contributed by atoms with Crippen LogP contribution in [0.4, 0.5) is 0 Å². The molecule has 2 rings (SSSR count). The van der Waals surface area contributed by atoms with E-state index in [0.29, 0.717) is 13.0 Å². The van der Waals surface area contributed by atoms with Gasteiger partial charge in [-0.1, -0.05) is 43.3 Å². The lowest BCUT2D eigenvalue weighted by Crippen LogP contribution is -2.50. The molecule has 156 valence electrons. The maximum absolute atomic E-state index is 13.3. The Labute approximate surface area is 174 Å². The quantitative estimate of drug-likeness (QED) is 0.700. The van der Waals surface area contributed by atoms with Crippen LogP contribution in [0.1, 0.15) is 43.9 Å². The van der Waals surface area contributed by atoms with Gasteiger partial charge in [0.05, 0.1) is 13.5 Å². The molecule has 0 bridgehead atoms. The Hall–Kier alpha value is -2.82. The molecule has 0 heterocycles. The van der Waals surface area contributed by atoms with Crippen LogP contribution in [0.5, 0.6) is 5.75 Å². The Bertz CT molecular complexity index is 832. The Balaban J connectivity index is 2.33. The molecule has 0 saturated carbocycles. The van der Waals surface area contributed by atoms with Crippen LogP contribution in [0.25, 0.3) is 0 Å². The summed E-state index contributed by atoms with van der Waals surface area (Å²) in [5, 5.41) is 2.96. The zero-order valence-corrected chi connectivity index (χ0v) is 18.1. The first kappa shape index (κ1) is 22.5. The average molecular weight is 397 g/mol. The zero-order valence-electron chi connectivity index (χ0n) is 18.1. The number of carbonyl (C=O) groups is 2. The Morgan fingerprint density at radius 1 is 1.10 bits per heavy atom. The van der Waals surface area contributed by atoms with E-state index in [4.69, 9.17) is 4.74 Å². The van der Waals surface area contributed by atoms with Gasteiger partial charge in [-0.05, 0) is 56.0 Å². The first-order chi connectivity index (χ1) is 13.8. The smallest absolute Gasteiger partial charge is 0.243 e. The molecule has 0 aromatic heterocycles. The van der Waals surface area contributed by atoms with E-state index in [1.807, 2.05) is 76.2 Å². The van der Waals surface area contributed by atoms with E-state index in [1.165, 1.54) is 0 Å². The van der Waals surface area contributed by atoms with Crippen molar-refractivity contribution in [1.82, 2.24) is 10.2 Å². The van der Waals surface area contributed by atoms with Crippen LogP contribution in [-0.2, 0) is 22.6 Å². The van der Waals surface area contributed by atoms with Gasteiger partial charge in [0, 0.05) is 12.6 Å². The highest BCUT2D eigenvalue weighted by atomic mass is 16.5. The van der Waals surface area contributed by atoms with Crippen LogP contribution in [0.3, 0.4) is 0 Å². The van der Waals surface area contributed by atoms with Crippen molar-refractivity contribution in [2.45, 2.75) is 59.2 Å². The number of hydrogen-bond acceptors (Lipinski definition) is 3. The van der Waals surface area contributed by atoms with E-state index in [9.17, 15) is 9.59 Å². The van der Waals surface area contributed by atoms with Crippen molar-refractivity contribution >= 4 is 11.8 Å². The van der Waals surface area contributed by atoms with Crippen molar-refractivity contribution in [3.63, 3.8) is 0 Å². The summed E-state index contributed by atoms with van der Waals surface area (Å²) in [6.45, 7) is 8.13. The van der Waals surface area contributed by atoms with Crippen LogP contribution in [-0.4, -0.2) is 35.9 Å². The van der Waals surface area contributed by atoms with Crippen molar-refractivity contribution in [1.29, 1.82) is 0 Å². The second-order valence-electron chi connectivity index (χ2n) is 7.56. The van der Waals surface area contributed by atoms with Crippen molar-refractivity contribution < 1.29 is 14.3 Å². The highest BCUT2D eigenvalue weighted by molar-refractivity contribution is 5.88. The molecule has 2 amide bonds. The van der Waals surface area contributed by atoms with E-state index in [2.05, 4.69) is 5.32 Å². The third kappa shape index (κ3) is 6.34. The number of aryl methyl sites for hydroxylation is 1. The standard InChI is InChI=1S/C24H32N2O3/c1-6-22(24(28)25-17(2)3)26(16-19-11-9-13-21(14-19)29-5)23(27)15-20-12-8-7-10-18(20)4/h7-14,17,22H,6,15-16H2,1-5H3,(H,25,28)/t22-/m1/s1. The van der Waals surface area contributed by atoms with Gasteiger partial charge in [0.15, 0.2) is 0 Å². The normalized spacial score (nSPS) is 11.8. The SMILES string of the molecule is CC[C@H](C(=O)NC(C)C)N(Cc1cccc(OC)c1)C(=O)Cc1ccccc1C. The van der Waals surface area contributed by atoms with Crippen LogP contribution in [0.2, 0.25) is 0 Å². The molecule has 2 aromatic rings. The summed E-state index contributed by atoms with van der Waals surface area (Å²) in [5.74, 6) is 0.546. The molecular weight excluding hydrogens is 364 g/mol. The number of methoxy groups -OCH3 is 1. The summed E-state index contributed by atoms with van der Waals surface area (Å²) >= 11 is 0. The van der Waals surface area contributed by atoms with Gasteiger partial charge >= 0.3 is 0 Å². The number of amides is 2. The second-order valence-corrected chi connectivity index (χ2v) is 7.56. The van der Waals surface area contributed by atoms with Gasteiger partial charge in [-0.2, -0.15) is 0 Å². The first-order valence-corrected chi connectivity index (χ1v) is 10.1. The van der Waals surface area contributed by atoms with Crippen molar-refractivity contribution in [3.05, 3.63) is 65.2 Å². The van der Waals surface area contributed by atoms with E-state index in [0.717, 1.165) is 22.4 Å². The lowest BCUT2D eigenvalue weighted by molar-refractivity contribution is -0.141. The summed E-state index contributed by atoms with van der Waals surface area (Å²) in [6.07, 6.45) is 0.810. The maximum Gasteiger partial charge on any atom is 0.243 e. The largest absolute Gasteiger partial charge is 0.497 e. The molecule has 0 fully saturated rings. The number of nitrogens with zero attached hydrogens (tertiary/aromatic N) is 1. The fraction of sp³-hybridized carbons (Fsp3) is 0.417. The highest BCUT2D eigenvalue weighted by Crippen LogP contribution is 2.19. The van der Waals surface area contributed by atoms with Gasteiger partial charge in [-0.15, -0.1) is 0 Å². The molecule has 0 aliphatic rings. The van der Waals surface area contributed by atoms with Crippen LogP contribution < -0.4 is 10.1 Å². The van der Waals surface area contributed by atoms with Crippen molar-refractivity contribution in [2.75, 3.05) is 7.11 Å². The van der Waals surface area contributed by atoms with E-state index in [-0.39, 0.29) is 24.3 Å². The summed E-state index contributed by atoms with van der Waals surface area (Å²) in [5.41, 5.74) is 2.98. The van der Waals surface area contributed by atoms with Gasteiger partial charge in [0.1, 0.15) is 11.8 Å². The molecule has 0 aliphatic carbocycles. The zero-order chi connectivity index (χ0) is 21.4. The van der Waals surface area contributed by atoms with Crippen LogP contribution in [0, 0.1) is 6.92 Å². The fourth-order valence-corrected chi connectivity index (χ4v) is 3.34. The van der Waals surface area contributed by atoms with Crippen LogP contribution >= 0.6 is 0 Å². The summed E-state index contributed by atoms with van der Waals surface area (Å²) < 4.78 is 5.31. The minimum atomic E-state index is -0.528. The number of hydrogen-bond donors (Lipinski definition) is 1. The Kier molecular flexibility index (Phi) is 8.25. The number of nitrogens with one attached hydrogen (secondary N) is 1. The molecule has 0 unspecified atom stereocenters. The summed E-state index contributed by atoms with van der Waals surface area (Å²) in [6, 6.07) is 15.0. The third-order valence-corrected chi connectivity index (χ3v) is 4.91. The first-order valence-electron chi connectivity index (χ1n) is 10.1. The van der Waals surface area contributed by atoms with E-state index in [1.54, 1.807) is 12.0 Å². The molecule has 5 heteroatoms. The Morgan fingerprint density at radius 2 is 1.83 bits per heavy atom. The number of ether oxygens (including phenoxy) is 1. The van der Waals surface area contributed by atoms with E-state index < -0.39 is 6.04 Å². The second kappa shape index (κ2) is 10.6. The van der Waals surface area contributed by atoms with Crippen molar-refractivity contribution in [2.24, 2.45) is 0 Å². The molecule has 0 radical (unpaired) electrons. The van der Waals surface area contributed by atoms with Gasteiger partial charge in [-0.3, -0.25) is 9.59 Å². The average Bonchev–Trinajstić information content (AvgIpc) is 2.69. The predicted molar refractivity (Wildman–Crippen MR) is 116 cm³/mol. The third-order valence-electron chi connectivity index (χ3n) is 4.91. The lowest BCUT2D eigenvalue weighted by Gasteiger charge is -2.31. The monoisotopic (exact) mass is 396 g/mol. The predicted octanol–water partition coefficient (Wildman–Crippen LogP) is 3.88.